The highest BCUT2D eigenvalue weighted by molar-refractivity contribution is 6.54. The van der Waals surface area contributed by atoms with Gasteiger partial charge in [0.15, 0.2) is 11.5 Å². The van der Waals surface area contributed by atoms with Crippen LogP contribution in [0.15, 0.2) is 47.6 Å². The molecule has 0 radical (unpaired) electrons. The first kappa shape index (κ1) is 25.5. The van der Waals surface area contributed by atoms with Crippen LogP contribution < -0.4 is 24.8 Å². The van der Waals surface area contributed by atoms with E-state index in [4.69, 9.17) is 19.9 Å². The normalized spacial score (nSPS) is 16.6. The monoisotopic (exact) mass is 516 g/mol. The Morgan fingerprint density at radius 2 is 1.71 bits per heavy atom. The molecule has 3 aromatic rings. The molecule has 2 aliphatic rings. The number of aromatic nitrogens is 2. The van der Waals surface area contributed by atoms with Crippen molar-refractivity contribution in [1.29, 1.82) is 0 Å². The van der Waals surface area contributed by atoms with E-state index in [1.54, 1.807) is 32.4 Å². The molecule has 0 spiro atoms. The van der Waals surface area contributed by atoms with Crippen LogP contribution in [0, 0.1) is 0 Å². The predicted octanol–water partition coefficient (Wildman–Crippen LogP) is 3.59. The standard InChI is InChI=1S/C28H32N6O4/c1-36-22-14-18(15-23(37-2)25(22)38-3)13-19-16-30-28(32-26(19)29)31-24-20-9-5-6-10-21(20)34(27(24)35)17-33-11-7-4-8-12-33/h5-6,9-10,14-16H,4,7-8,11-13,17H2,1-3H3,(H2,29,30,32)/b31-24+. The largest absolute Gasteiger partial charge is 0.493 e. The molecule has 5 rings (SSSR count). The van der Waals surface area contributed by atoms with Gasteiger partial charge in [-0.1, -0.05) is 24.6 Å². The summed E-state index contributed by atoms with van der Waals surface area (Å²) in [6.07, 6.45) is 5.63. The molecule has 2 N–H and O–H groups in total. The van der Waals surface area contributed by atoms with E-state index in [9.17, 15) is 4.79 Å². The number of aliphatic imine (C=N–C) groups is 1. The summed E-state index contributed by atoms with van der Waals surface area (Å²) >= 11 is 0. The lowest BCUT2D eigenvalue weighted by atomic mass is 10.1. The van der Waals surface area contributed by atoms with Crippen molar-refractivity contribution in [3.63, 3.8) is 0 Å². The minimum atomic E-state index is -0.152. The first-order valence-electron chi connectivity index (χ1n) is 12.6. The van der Waals surface area contributed by atoms with Gasteiger partial charge in [0.25, 0.3) is 11.9 Å². The van der Waals surface area contributed by atoms with Gasteiger partial charge in [0.1, 0.15) is 11.5 Å². The molecule has 3 heterocycles. The van der Waals surface area contributed by atoms with Crippen molar-refractivity contribution in [2.45, 2.75) is 25.7 Å². The fourth-order valence-corrected chi connectivity index (χ4v) is 4.97. The van der Waals surface area contributed by atoms with Crippen molar-refractivity contribution in [2.75, 3.05) is 51.7 Å². The molecule has 1 aromatic heterocycles. The maximum Gasteiger partial charge on any atom is 0.278 e. The third-order valence-electron chi connectivity index (χ3n) is 6.90. The van der Waals surface area contributed by atoms with E-state index in [0.717, 1.165) is 42.7 Å². The number of hydrogen-bond acceptors (Lipinski definition) is 9. The molecule has 1 saturated heterocycles. The van der Waals surface area contributed by atoms with Gasteiger partial charge in [-0.25, -0.2) is 9.98 Å². The second-order valence-corrected chi connectivity index (χ2v) is 9.32. The van der Waals surface area contributed by atoms with E-state index >= 15 is 0 Å². The SMILES string of the molecule is COc1cc(Cc2cnc(/N=C3/C(=O)N(CN4CCCCC4)c4ccccc43)nc2N)cc(OC)c1OC. The Hall–Kier alpha value is -4.18. The number of para-hydroxylation sites is 1. The maximum absolute atomic E-state index is 13.5. The Labute approximate surface area is 222 Å². The maximum atomic E-state index is 13.5. The molecule has 2 aliphatic heterocycles. The summed E-state index contributed by atoms with van der Waals surface area (Å²) in [7, 11) is 4.71. The van der Waals surface area contributed by atoms with E-state index in [0.29, 0.717) is 41.6 Å². The molecule has 0 atom stereocenters. The topological polar surface area (TPSA) is 115 Å². The number of piperidine rings is 1. The van der Waals surface area contributed by atoms with Gasteiger partial charge in [0, 0.05) is 23.7 Å². The quantitative estimate of drug-likeness (QED) is 0.483. The lowest BCUT2D eigenvalue weighted by Gasteiger charge is -2.30. The average Bonchev–Trinajstić information content (AvgIpc) is 3.20. The minimum Gasteiger partial charge on any atom is -0.493 e. The number of ether oxygens (including phenoxy) is 3. The fourth-order valence-electron chi connectivity index (χ4n) is 4.97. The van der Waals surface area contributed by atoms with Crippen molar-refractivity contribution in [2.24, 2.45) is 4.99 Å². The number of benzene rings is 2. The second kappa shape index (κ2) is 11.1. The van der Waals surface area contributed by atoms with Crippen molar-refractivity contribution >= 4 is 29.1 Å². The summed E-state index contributed by atoms with van der Waals surface area (Å²) in [5.74, 6) is 1.91. The molecule has 198 valence electrons. The Morgan fingerprint density at radius 1 is 1.00 bits per heavy atom. The number of carbonyl (C=O) groups is 1. The summed E-state index contributed by atoms with van der Waals surface area (Å²) in [6.45, 7) is 2.53. The minimum absolute atomic E-state index is 0.147. The second-order valence-electron chi connectivity index (χ2n) is 9.32. The highest BCUT2D eigenvalue weighted by Crippen LogP contribution is 2.39. The Balaban J connectivity index is 1.40. The number of carbonyl (C=O) groups excluding carboxylic acids is 1. The van der Waals surface area contributed by atoms with E-state index in [-0.39, 0.29) is 17.7 Å². The van der Waals surface area contributed by atoms with Crippen LogP contribution in [0.2, 0.25) is 0 Å². The summed E-state index contributed by atoms with van der Waals surface area (Å²) in [6, 6.07) is 11.4. The number of likely N-dealkylation sites (tertiary alicyclic amines) is 1. The first-order valence-corrected chi connectivity index (χ1v) is 12.6. The number of anilines is 2. The van der Waals surface area contributed by atoms with Gasteiger partial charge < -0.3 is 19.9 Å². The molecule has 0 unspecified atom stereocenters. The van der Waals surface area contributed by atoms with E-state index < -0.39 is 0 Å². The smallest absolute Gasteiger partial charge is 0.278 e. The molecule has 0 aliphatic carbocycles. The number of nitrogens with zero attached hydrogens (tertiary/aromatic N) is 5. The van der Waals surface area contributed by atoms with Gasteiger partial charge in [-0.3, -0.25) is 14.6 Å². The number of rotatable bonds is 8. The fraction of sp³-hybridized carbons (Fsp3) is 0.357. The predicted molar refractivity (Wildman–Crippen MR) is 146 cm³/mol. The molecule has 1 amide bonds. The summed E-state index contributed by atoms with van der Waals surface area (Å²) in [5, 5.41) is 0. The zero-order valence-corrected chi connectivity index (χ0v) is 21.9. The summed E-state index contributed by atoms with van der Waals surface area (Å²) in [5.41, 5.74) is 9.88. The first-order chi connectivity index (χ1) is 18.5. The van der Waals surface area contributed by atoms with Gasteiger partial charge >= 0.3 is 0 Å². The molecule has 38 heavy (non-hydrogen) atoms. The molecular formula is C28H32N6O4. The lowest BCUT2D eigenvalue weighted by Crippen LogP contribution is -2.43. The molecule has 10 nitrogen and oxygen atoms in total. The molecule has 10 heteroatoms. The van der Waals surface area contributed by atoms with Crippen LogP contribution in [0.5, 0.6) is 17.2 Å². The Bertz CT molecular complexity index is 1340. The van der Waals surface area contributed by atoms with Crippen LogP contribution in [0.1, 0.15) is 36.0 Å². The molecule has 1 fully saturated rings. The van der Waals surface area contributed by atoms with Gasteiger partial charge in [0.05, 0.1) is 33.7 Å². The molecule has 0 saturated carbocycles. The Morgan fingerprint density at radius 3 is 2.37 bits per heavy atom. The number of nitrogens with two attached hydrogens (primary N) is 1. The van der Waals surface area contributed by atoms with E-state index in [1.165, 1.54) is 6.42 Å². The van der Waals surface area contributed by atoms with Crippen molar-refractivity contribution in [3.8, 4) is 17.2 Å². The number of fused-ring (bicyclic) bond motifs is 1. The van der Waals surface area contributed by atoms with Crippen LogP contribution in [-0.2, 0) is 11.2 Å². The van der Waals surface area contributed by atoms with Crippen LogP contribution in [0.3, 0.4) is 0 Å². The van der Waals surface area contributed by atoms with Crippen LogP contribution in [0.25, 0.3) is 0 Å². The zero-order valence-electron chi connectivity index (χ0n) is 21.9. The van der Waals surface area contributed by atoms with Gasteiger partial charge in [0.2, 0.25) is 5.75 Å². The van der Waals surface area contributed by atoms with Crippen molar-refractivity contribution in [1.82, 2.24) is 14.9 Å². The van der Waals surface area contributed by atoms with Crippen molar-refractivity contribution in [3.05, 3.63) is 59.3 Å². The number of nitrogen functional groups attached to an aromatic ring is 1. The van der Waals surface area contributed by atoms with Crippen LogP contribution in [-0.4, -0.2) is 67.6 Å². The average molecular weight is 517 g/mol. The zero-order chi connectivity index (χ0) is 26.6. The van der Waals surface area contributed by atoms with Gasteiger partial charge in [-0.2, -0.15) is 4.98 Å². The van der Waals surface area contributed by atoms with Gasteiger partial charge in [-0.05, 0) is 49.7 Å². The summed E-state index contributed by atoms with van der Waals surface area (Å²) < 4.78 is 16.3. The number of methoxy groups -OCH3 is 3. The molecule has 0 bridgehead atoms. The van der Waals surface area contributed by atoms with Crippen LogP contribution >= 0.6 is 0 Å². The third kappa shape index (κ3) is 4.99. The molecule has 2 aromatic carbocycles. The lowest BCUT2D eigenvalue weighted by molar-refractivity contribution is -0.112. The third-order valence-corrected chi connectivity index (χ3v) is 6.90. The van der Waals surface area contributed by atoms with Gasteiger partial charge in [-0.15, -0.1) is 0 Å². The number of hydrogen-bond donors (Lipinski definition) is 1. The number of amides is 1. The van der Waals surface area contributed by atoms with Crippen molar-refractivity contribution < 1.29 is 19.0 Å². The molecular weight excluding hydrogens is 484 g/mol. The van der Waals surface area contributed by atoms with Crippen LogP contribution in [0.4, 0.5) is 17.5 Å². The van der Waals surface area contributed by atoms with E-state index in [1.807, 2.05) is 36.4 Å². The Kier molecular flexibility index (Phi) is 7.41. The highest BCUT2D eigenvalue weighted by atomic mass is 16.5. The van der Waals surface area contributed by atoms with E-state index in [2.05, 4.69) is 19.9 Å². The highest BCUT2D eigenvalue weighted by Gasteiger charge is 2.35. The summed E-state index contributed by atoms with van der Waals surface area (Å²) in [4.78, 5) is 30.9.